The first-order valence-corrected chi connectivity index (χ1v) is 7.57. The number of hydrogen-bond donors (Lipinski definition) is 0. The Kier molecular flexibility index (Phi) is 4.00. The number of likely N-dealkylation sites (tertiary alicyclic amines) is 1. The van der Waals surface area contributed by atoms with E-state index in [1.807, 2.05) is 20.0 Å². The third kappa shape index (κ3) is 3.11. The monoisotopic (exact) mass is 307 g/mol. The van der Waals surface area contributed by atoms with Crippen LogP contribution in [-0.4, -0.2) is 27.5 Å². The van der Waals surface area contributed by atoms with Crippen LogP contribution in [0.2, 0.25) is 5.02 Å². The summed E-state index contributed by atoms with van der Waals surface area (Å²) >= 11 is 5.72. The van der Waals surface area contributed by atoms with Crippen molar-refractivity contribution in [2.24, 2.45) is 7.05 Å². The molecule has 0 radical (unpaired) electrons. The van der Waals surface area contributed by atoms with Gasteiger partial charge in [0.15, 0.2) is 0 Å². The maximum absolute atomic E-state index is 13.5. The molecule has 1 saturated heterocycles. The predicted molar refractivity (Wildman–Crippen MR) is 82.0 cm³/mol. The van der Waals surface area contributed by atoms with Crippen LogP contribution in [0.5, 0.6) is 0 Å². The number of aryl methyl sites for hydroxylation is 2. The summed E-state index contributed by atoms with van der Waals surface area (Å²) in [6, 6.07) is 5.05. The molecule has 3 nitrogen and oxygen atoms in total. The molecule has 0 aliphatic carbocycles. The van der Waals surface area contributed by atoms with Gasteiger partial charge in [-0.1, -0.05) is 17.7 Å². The maximum Gasteiger partial charge on any atom is 0.142 e. The Morgan fingerprint density at radius 3 is 2.90 bits per heavy atom. The fraction of sp³-hybridized carbons (Fsp3) is 0.438. The first-order chi connectivity index (χ1) is 10.0. The van der Waals surface area contributed by atoms with Crippen LogP contribution in [0.1, 0.15) is 29.4 Å². The SMILES string of the molecule is Cc1cn(C)c([C@H]2CCN(Cc3ccc(Cl)c(F)c3)C2)n1. The maximum atomic E-state index is 13.5. The van der Waals surface area contributed by atoms with Crippen molar-refractivity contribution in [1.29, 1.82) is 0 Å². The van der Waals surface area contributed by atoms with Gasteiger partial charge in [0.1, 0.15) is 11.6 Å². The quantitative estimate of drug-likeness (QED) is 0.865. The summed E-state index contributed by atoms with van der Waals surface area (Å²) < 4.78 is 15.6. The van der Waals surface area contributed by atoms with Crippen LogP contribution in [0.25, 0.3) is 0 Å². The van der Waals surface area contributed by atoms with E-state index in [1.165, 1.54) is 6.07 Å². The summed E-state index contributed by atoms with van der Waals surface area (Å²) in [6.45, 7) is 4.76. The van der Waals surface area contributed by atoms with Crippen LogP contribution >= 0.6 is 11.6 Å². The van der Waals surface area contributed by atoms with Crippen LogP contribution in [0.3, 0.4) is 0 Å². The zero-order chi connectivity index (χ0) is 15.0. The van der Waals surface area contributed by atoms with Crippen molar-refractivity contribution in [3.63, 3.8) is 0 Å². The van der Waals surface area contributed by atoms with Gasteiger partial charge >= 0.3 is 0 Å². The molecule has 2 heterocycles. The molecule has 21 heavy (non-hydrogen) atoms. The van der Waals surface area contributed by atoms with Gasteiger partial charge in [-0.15, -0.1) is 0 Å². The molecule has 1 fully saturated rings. The lowest BCUT2D eigenvalue weighted by atomic mass is 10.1. The highest BCUT2D eigenvalue weighted by molar-refractivity contribution is 6.30. The van der Waals surface area contributed by atoms with Crippen molar-refractivity contribution in [2.75, 3.05) is 13.1 Å². The molecular formula is C16H19ClFN3. The molecule has 0 spiro atoms. The van der Waals surface area contributed by atoms with Crippen LogP contribution in [0, 0.1) is 12.7 Å². The van der Waals surface area contributed by atoms with Gasteiger partial charge in [-0.25, -0.2) is 9.37 Å². The van der Waals surface area contributed by atoms with Crippen molar-refractivity contribution in [1.82, 2.24) is 14.5 Å². The van der Waals surface area contributed by atoms with E-state index in [0.29, 0.717) is 5.92 Å². The Morgan fingerprint density at radius 2 is 2.24 bits per heavy atom. The molecule has 1 atom stereocenters. The van der Waals surface area contributed by atoms with E-state index in [-0.39, 0.29) is 10.8 Å². The first kappa shape index (κ1) is 14.5. The van der Waals surface area contributed by atoms with E-state index in [4.69, 9.17) is 11.6 Å². The van der Waals surface area contributed by atoms with E-state index < -0.39 is 0 Å². The van der Waals surface area contributed by atoms with E-state index in [0.717, 1.165) is 43.1 Å². The van der Waals surface area contributed by atoms with Gasteiger partial charge < -0.3 is 4.57 Å². The van der Waals surface area contributed by atoms with Gasteiger partial charge in [0, 0.05) is 32.3 Å². The Balaban J connectivity index is 1.67. The number of aromatic nitrogens is 2. The minimum atomic E-state index is -0.343. The summed E-state index contributed by atoms with van der Waals surface area (Å²) in [7, 11) is 2.05. The lowest BCUT2D eigenvalue weighted by molar-refractivity contribution is 0.324. The van der Waals surface area contributed by atoms with Gasteiger partial charge in [0.25, 0.3) is 0 Å². The molecule has 112 valence electrons. The molecule has 1 aromatic heterocycles. The van der Waals surface area contributed by atoms with Crippen molar-refractivity contribution < 1.29 is 4.39 Å². The first-order valence-electron chi connectivity index (χ1n) is 7.19. The molecule has 3 rings (SSSR count). The average Bonchev–Trinajstić information content (AvgIpc) is 3.00. The lowest BCUT2D eigenvalue weighted by Crippen LogP contribution is -2.20. The molecular weight excluding hydrogens is 289 g/mol. The molecule has 1 aliphatic heterocycles. The van der Waals surface area contributed by atoms with E-state index in [1.54, 1.807) is 6.07 Å². The largest absolute Gasteiger partial charge is 0.337 e. The van der Waals surface area contributed by atoms with Crippen LogP contribution in [0.15, 0.2) is 24.4 Å². The fourth-order valence-electron chi connectivity index (χ4n) is 3.10. The zero-order valence-electron chi connectivity index (χ0n) is 12.3. The number of imidazole rings is 1. The molecule has 1 aliphatic rings. The average molecular weight is 308 g/mol. The van der Waals surface area contributed by atoms with Gasteiger partial charge in [-0.2, -0.15) is 0 Å². The van der Waals surface area contributed by atoms with Crippen molar-refractivity contribution in [2.45, 2.75) is 25.8 Å². The molecule has 1 aromatic carbocycles. The van der Waals surface area contributed by atoms with Crippen LogP contribution in [0.4, 0.5) is 4.39 Å². The molecule has 5 heteroatoms. The summed E-state index contributed by atoms with van der Waals surface area (Å²) in [5.41, 5.74) is 2.03. The molecule has 0 N–H and O–H groups in total. The number of rotatable bonds is 3. The number of hydrogen-bond acceptors (Lipinski definition) is 2. The van der Waals surface area contributed by atoms with E-state index in [2.05, 4.69) is 20.6 Å². The third-order valence-electron chi connectivity index (χ3n) is 4.06. The molecule has 0 unspecified atom stereocenters. The minimum absolute atomic E-state index is 0.182. The Morgan fingerprint density at radius 1 is 1.43 bits per heavy atom. The number of benzene rings is 1. The fourth-order valence-corrected chi connectivity index (χ4v) is 3.21. The smallest absolute Gasteiger partial charge is 0.142 e. The lowest BCUT2D eigenvalue weighted by Gasteiger charge is -2.16. The van der Waals surface area contributed by atoms with Gasteiger partial charge in [0.2, 0.25) is 0 Å². The van der Waals surface area contributed by atoms with Crippen LogP contribution < -0.4 is 0 Å². The second kappa shape index (κ2) is 5.78. The highest BCUT2D eigenvalue weighted by Gasteiger charge is 2.27. The summed E-state index contributed by atoms with van der Waals surface area (Å²) in [4.78, 5) is 6.96. The highest BCUT2D eigenvalue weighted by atomic mass is 35.5. The summed E-state index contributed by atoms with van der Waals surface area (Å²) in [5, 5.41) is 0.182. The second-order valence-corrected chi connectivity index (χ2v) is 6.23. The van der Waals surface area contributed by atoms with Crippen molar-refractivity contribution >= 4 is 11.6 Å². The standard InChI is InChI=1S/C16H19ClFN3/c1-11-8-20(2)16(19-11)13-5-6-21(10-13)9-12-3-4-14(17)15(18)7-12/h3-4,7-8,13H,5-6,9-10H2,1-2H3/t13-/m0/s1. The Hall–Kier alpha value is -1.39. The molecule has 2 aromatic rings. The van der Waals surface area contributed by atoms with E-state index in [9.17, 15) is 4.39 Å². The van der Waals surface area contributed by atoms with Crippen molar-refractivity contribution in [3.05, 3.63) is 52.3 Å². The third-order valence-corrected chi connectivity index (χ3v) is 4.37. The molecule has 0 amide bonds. The van der Waals surface area contributed by atoms with Crippen LogP contribution in [-0.2, 0) is 13.6 Å². The number of nitrogens with zero attached hydrogens (tertiary/aromatic N) is 3. The second-order valence-electron chi connectivity index (χ2n) is 5.82. The normalized spacial score (nSPS) is 19.3. The molecule has 0 bridgehead atoms. The Labute approximate surface area is 129 Å². The zero-order valence-corrected chi connectivity index (χ0v) is 13.1. The Bertz CT molecular complexity index is 653. The van der Waals surface area contributed by atoms with Gasteiger partial charge in [-0.3, -0.25) is 4.90 Å². The predicted octanol–water partition coefficient (Wildman–Crippen LogP) is 3.51. The highest BCUT2D eigenvalue weighted by Crippen LogP contribution is 2.27. The topological polar surface area (TPSA) is 21.1 Å². The summed E-state index contributed by atoms with van der Waals surface area (Å²) in [5.74, 6) is 1.27. The molecule has 0 saturated carbocycles. The minimum Gasteiger partial charge on any atom is -0.337 e. The van der Waals surface area contributed by atoms with Gasteiger partial charge in [-0.05, 0) is 37.6 Å². The van der Waals surface area contributed by atoms with E-state index >= 15 is 0 Å². The summed E-state index contributed by atoms with van der Waals surface area (Å²) in [6.07, 6.45) is 3.16. The van der Waals surface area contributed by atoms with Gasteiger partial charge in [0.05, 0.1) is 10.7 Å². The van der Waals surface area contributed by atoms with Crippen molar-refractivity contribution in [3.8, 4) is 0 Å². The number of halogens is 2.